The maximum Gasteiger partial charge on any atom is 0.335 e. The molecule has 0 aromatic heterocycles. The van der Waals surface area contributed by atoms with Gasteiger partial charge >= 0.3 is 7.60 Å². The first kappa shape index (κ1) is 23.8. The Hall–Kier alpha value is -0.180. The maximum absolute atomic E-state index is 11.6. The van der Waals surface area contributed by atoms with E-state index in [1.165, 1.54) is 11.1 Å². The van der Waals surface area contributed by atoms with E-state index in [4.69, 9.17) is 5.11 Å². The summed E-state index contributed by atoms with van der Waals surface area (Å²) in [5.74, 6) is 0. The summed E-state index contributed by atoms with van der Waals surface area (Å²) in [4.78, 5) is 18.4. The van der Waals surface area contributed by atoms with Gasteiger partial charge in [0.1, 0.15) is 13.2 Å². The molecule has 7 heteroatoms. The first-order valence-corrected chi connectivity index (χ1v) is 12.0. The highest BCUT2D eigenvalue weighted by atomic mass is 31.2. The van der Waals surface area contributed by atoms with E-state index in [1.807, 2.05) is 0 Å². The van der Waals surface area contributed by atoms with Gasteiger partial charge < -0.3 is 19.5 Å². The number of allylic oxidation sites excluding steroid dienone is 4. The second-order valence-electron chi connectivity index (χ2n) is 6.59. The molecule has 0 saturated carbocycles. The molecule has 0 spiro atoms. The minimum absolute atomic E-state index is 0.222. The lowest BCUT2D eigenvalue weighted by Crippen LogP contribution is -2.05. The standard InChI is InChI=1S/C17H34O5P2/c1-15(2)10-9-12-16(3)11-7-5-4-6-8-13-17(23(19)14-18)24(20,21)22/h10-11,17-18,23H,4-9,12-14H2,1-3H3,(H2,20,21,22). The van der Waals surface area contributed by atoms with E-state index < -0.39 is 27.1 Å². The van der Waals surface area contributed by atoms with E-state index in [9.17, 15) is 18.9 Å². The van der Waals surface area contributed by atoms with Crippen LogP contribution in [0.1, 0.15) is 72.1 Å². The highest BCUT2D eigenvalue weighted by Gasteiger charge is 2.32. The number of hydrogen-bond donors (Lipinski definition) is 3. The maximum atomic E-state index is 11.6. The fourth-order valence-corrected chi connectivity index (χ4v) is 5.50. The number of aliphatic hydroxyl groups excluding tert-OH is 1. The Morgan fingerprint density at radius 2 is 1.67 bits per heavy atom. The summed E-state index contributed by atoms with van der Waals surface area (Å²) < 4.78 is 22.9. The molecule has 0 bridgehead atoms. The van der Waals surface area contributed by atoms with Crippen molar-refractivity contribution in [1.82, 2.24) is 0 Å². The van der Waals surface area contributed by atoms with E-state index in [0.717, 1.165) is 38.5 Å². The quantitative estimate of drug-likeness (QED) is 0.237. The van der Waals surface area contributed by atoms with Crippen molar-refractivity contribution in [3.05, 3.63) is 23.3 Å². The van der Waals surface area contributed by atoms with E-state index >= 15 is 0 Å². The fraction of sp³-hybridized carbons (Fsp3) is 0.765. The Balaban J connectivity index is 3.92. The van der Waals surface area contributed by atoms with Crippen molar-refractivity contribution in [3.8, 4) is 0 Å². The normalized spacial score (nSPS) is 15.2. The molecular weight excluding hydrogens is 346 g/mol. The van der Waals surface area contributed by atoms with Gasteiger partial charge in [-0.3, -0.25) is 4.57 Å². The third-order valence-electron chi connectivity index (χ3n) is 3.95. The van der Waals surface area contributed by atoms with E-state index in [-0.39, 0.29) is 6.42 Å². The summed E-state index contributed by atoms with van der Waals surface area (Å²) in [6.07, 6.45) is 10.8. The van der Waals surface area contributed by atoms with Gasteiger partial charge in [-0.05, 0) is 52.9 Å². The van der Waals surface area contributed by atoms with Crippen molar-refractivity contribution < 1.29 is 24.0 Å². The minimum Gasteiger partial charge on any atom is -0.389 e. The van der Waals surface area contributed by atoms with Gasteiger partial charge in [-0.2, -0.15) is 0 Å². The predicted molar refractivity (Wildman–Crippen MR) is 102 cm³/mol. The van der Waals surface area contributed by atoms with Crippen LogP contribution in [0.2, 0.25) is 0 Å². The van der Waals surface area contributed by atoms with Crippen LogP contribution in [-0.2, 0) is 9.13 Å². The van der Waals surface area contributed by atoms with Crippen LogP contribution in [0.15, 0.2) is 23.3 Å². The smallest absolute Gasteiger partial charge is 0.335 e. The van der Waals surface area contributed by atoms with Crippen LogP contribution >= 0.6 is 15.4 Å². The van der Waals surface area contributed by atoms with Crippen molar-refractivity contribution in [1.29, 1.82) is 0 Å². The zero-order valence-corrected chi connectivity index (χ0v) is 17.1. The number of unbranched alkanes of at least 4 members (excludes halogenated alkanes) is 4. The summed E-state index contributed by atoms with van der Waals surface area (Å²) in [7, 11) is -7.00. The largest absolute Gasteiger partial charge is 0.389 e. The topological polar surface area (TPSA) is 94.8 Å². The first-order chi connectivity index (χ1) is 11.2. The molecule has 0 aliphatic rings. The Bertz CT molecular complexity index is 475. The summed E-state index contributed by atoms with van der Waals surface area (Å²) in [6, 6.07) is 0. The van der Waals surface area contributed by atoms with Crippen molar-refractivity contribution in [2.24, 2.45) is 0 Å². The van der Waals surface area contributed by atoms with E-state index in [2.05, 4.69) is 32.9 Å². The molecule has 0 rings (SSSR count). The molecule has 0 aliphatic carbocycles. The average molecular weight is 380 g/mol. The molecule has 5 nitrogen and oxygen atoms in total. The molecule has 0 aromatic carbocycles. The number of hydrogen-bond acceptors (Lipinski definition) is 3. The van der Waals surface area contributed by atoms with Crippen LogP contribution in [0.4, 0.5) is 0 Å². The molecule has 0 aromatic rings. The number of rotatable bonds is 13. The van der Waals surface area contributed by atoms with Gasteiger partial charge in [-0.15, -0.1) is 0 Å². The second-order valence-corrected chi connectivity index (χ2v) is 10.8. The lowest BCUT2D eigenvalue weighted by atomic mass is 10.1. The Morgan fingerprint density at radius 3 is 2.21 bits per heavy atom. The molecule has 3 N–H and O–H groups in total. The zero-order chi connectivity index (χ0) is 18.6. The zero-order valence-electron chi connectivity index (χ0n) is 15.2. The van der Waals surface area contributed by atoms with Gasteiger partial charge in [0.05, 0.1) is 6.35 Å². The molecular formula is C17H34O5P2. The van der Waals surface area contributed by atoms with Gasteiger partial charge in [0.2, 0.25) is 0 Å². The molecule has 0 saturated heterocycles. The van der Waals surface area contributed by atoms with Gasteiger partial charge in [0, 0.05) is 0 Å². The van der Waals surface area contributed by atoms with Crippen molar-refractivity contribution in [3.63, 3.8) is 0 Å². The predicted octanol–water partition coefficient (Wildman–Crippen LogP) is 5.03. The first-order valence-electron chi connectivity index (χ1n) is 8.66. The molecule has 24 heavy (non-hydrogen) atoms. The van der Waals surface area contributed by atoms with Gasteiger partial charge in [0.15, 0.2) is 0 Å². The third-order valence-corrected chi connectivity index (χ3v) is 8.24. The SMILES string of the molecule is CC(C)=CCCC(C)=CCCCCCCC([PH](=O)CO)P(=O)(O)O. The molecule has 2 atom stereocenters. The lowest BCUT2D eigenvalue weighted by Gasteiger charge is -2.16. The molecule has 0 heterocycles. The summed E-state index contributed by atoms with van der Waals surface area (Å²) in [6.45, 7) is 6.36. The average Bonchev–Trinajstić information content (AvgIpc) is 2.47. The molecule has 0 fully saturated rings. The van der Waals surface area contributed by atoms with Crippen LogP contribution in [0.25, 0.3) is 0 Å². The molecule has 0 amide bonds. The van der Waals surface area contributed by atoms with Crippen LogP contribution in [0.3, 0.4) is 0 Å². The van der Waals surface area contributed by atoms with E-state index in [1.54, 1.807) is 0 Å². The molecule has 0 aliphatic heterocycles. The second kappa shape index (κ2) is 13.1. The van der Waals surface area contributed by atoms with Crippen molar-refractivity contribution in [2.45, 2.75) is 77.5 Å². The van der Waals surface area contributed by atoms with Gasteiger partial charge in [-0.1, -0.05) is 42.6 Å². The van der Waals surface area contributed by atoms with Crippen molar-refractivity contribution in [2.75, 3.05) is 6.35 Å². The minimum atomic E-state index is -4.38. The lowest BCUT2D eigenvalue weighted by molar-refractivity contribution is 0.349. The molecule has 0 radical (unpaired) electrons. The van der Waals surface area contributed by atoms with Crippen LogP contribution in [0.5, 0.6) is 0 Å². The van der Waals surface area contributed by atoms with Crippen LogP contribution in [-0.4, -0.2) is 26.6 Å². The molecule has 142 valence electrons. The van der Waals surface area contributed by atoms with Gasteiger partial charge in [0.25, 0.3) is 0 Å². The van der Waals surface area contributed by atoms with Gasteiger partial charge in [-0.25, -0.2) is 0 Å². The van der Waals surface area contributed by atoms with Crippen molar-refractivity contribution >= 4 is 15.4 Å². The highest BCUT2D eigenvalue weighted by molar-refractivity contribution is 7.67. The van der Waals surface area contributed by atoms with Crippen LogP contribution in [0, 0.1) is 0 Å². The fourth-order valence-electron chi connectivity index (χ4n) is 2.50. The monoisotopic (exact) mass is 380 g/mol. The third kappa shape index (κ3) is 12.2. The summed E-state index contributed by atoms with van der Waals surface area (Å²) >= 11 is 0. The Kier molecular flexibility index (Phi) is 13.0. The Labute approximate surface area is 147 Å². The summed E-state index contributed by atoms with van der Waals surface area (Å²) in [5, 5.41) is 7.70. The van der Waals surface area contributed by atoms with E-state index in [0.29, 0.717) is 6.42 Å². The Morgan fingerprint density at radius 1 is 1.04 bits per heavy atom. The number of aliphatic hydroxyl groups is 1. The summed E-state index contributed by atoms with van der Waals surface area (Å²) in [5.41, 5.74) is 2.75. The molecule has 2 unspecified atom stereocenters. The van der Waals surface area contributed by atoms with Crippen LogP contribution < -0.4 is 0 Å². The highest BCUT2D eigenvalue weighted by Crippen LogP contribution is 2.55.